The lowest BCUT2D eigenvalue weighted by molar-refractivity contribution is -0.112. The van der Waals surface area contributed by atoms with Crippen LogP contribution in [0.1, 0.15) is 5.56 Å². The summed E-state index contributed by atoms with van der Waals surface area (Å²) in [6.45, 7) is -0.0420. The second-order valence-electron chi connectivity index (χ2n) is 4.89. The summed E-state index contributed by atoms with van der Waals surface area (Å²) in [4.78, 5) is 12.4. The zero-order valence-corrected chi connectivity index (χ0v) is 19.0. The van der Waals surface area contributed by atoms with Crippen LogP contribution in [0.15, 0.2) is 46.4 Å². The number of carbonyl (C=O) groups excluding carboxylic acids is 1. The highest BCUT2D eigenvalue weighted by atomic mass is 127. The Hall–Kier alpha value is -1.63. The molecule has 1 N–H and O–H groups in total. The molecule has 0 aliphatic rings. The van der Waals surface area contributed by atoms with Gasteiger partial charge in [-0.25, -0.2) is 0 Å². The minimum atomic E-state index is -0.486. The fourth-order valence-electron chi connectivity index (χ4n) is 1.99. The highest BCUT2D eigenvalue weighted by Gasteiger charge is 2.12. The quantitative estimate of drug-likeness (QED) is 0.282. The fraction of sp³-hybridized carbons (Fsp3) is 0.0556. The standard InChI is InChI=1S/C18H10BrI2N3O2/c19-13-2-1-3-14(9-13)24-18(25)12(10-23)6-11-7-15(20)17(16(21)8-11)26-5-4-22/h1-3,6-9H,5H2,(H,24,25)/b12-6-. The molecule has 0 saturated carbocycles. The summed E-state index contributed by atoms with van der Waals surface area (Å²) in [6, 6.07) is 14.6. The largest absolute Gasteiger partial charge is 0.477 e. The maximum atomic E-state index is 12.4. The Morgan fingerprint density at radius 1 is 1.23 bits per heavy atom. The molecule has 0 heterocycles. The van der Waals surface area contributed by atoms with E-state index in [1.54, 1.807) is 30.3 Å². The third kappa shape index (κ3) is 5.69. The maximum Gasteiger partial charge on any atom is 0.266 e. The molecule has 0 unspecified atom stereocenters. The molecule has 8 heteroatoms. The second-order valence-corrected chi connectivity index (χ2v) is 8.13. The Kier molecular flexibility index (Phi) is 7.87. The van der Waals surface area contributed by atoms with E-state index in [1.807, 2.05) is 18.2 Å². The molecule has 0 aliphatic heterocycles. The normalized spacial score (nSPS) is 10.6. The molecule has 5 nitrogen and oxygen atoms in total. The molecule has 0 saturated heterocycles. The predicted octanol–water partition coefficient (Wildman–Crippen LogP) is 5.11. The molecular formula is C18H10BrI2N3O2. The number of amides is 1. The number of carbonyl (C=O) groups is 1. The molecular weight excluding hydrogens is 624 g/mol. The molecule has 26 heavy (non-hydrogen) atoms. The summed E-state index contributed by atoms with van der Waals surface area (Å²) in [7, 11) is 0. The molecule has 0 radical (unpaired) electrons. The third-order valence-corrected chi connectivity index (χ3v) is 5.16. The maximum absolute atomic E-state index is 12.4. The van der Waals surface area contributed by atoms with Gasteiger partial charge in [-0.05, 0) is 87.2 Å². The van der Waals surface area contributed by atoms with Crippen LogP contribution >= 0.6 is 61.1 Å². The van der Waals surface area contributed by atoms with Crippen LogP contribution in [0.25, 0.3) is 6.08 Å². The van der Waals surface area contributed by atoms with Crippen molar-refractivity contribution in [1.82, 2.24) is 0 Å². The smallest absolute Gasteiger partial charge is 0.266 e. The van der Waals surface area contributed by atoms with Gasteiger partial charge in [-0.1, -0.05) is 22.0 Å². The highest BCUT2D eigenvalue weighted by Crippen LogP contribution is 2.30. The second kappa shape index (κ2) is 9.90. The van der Waals surface area contributed by atoms with Crippen molar-refractivity contribution in [1.29, 1.82) is 10.5 Å². The number of rotatable bonds is 5. The van der Waals surface area contributed by atoms with Gasteiger partial charge in [-0.15, -0.1) is 0 Å². The van der Waals surface area contributed by atoms with Crippen LogP contribution in [0, 0.1) is 29.8 Å². The van der Waals surface area contributed by atoms with E-state index in [2.05, 4.69) is 66.4 Å². The van der Waals surface area contributed by atoms with Crippen LogP contribution < -0.4 is 10.1 Å². The molecule has 0 bridgehead atoms. The number of anilines is 1. The average Bonchev–Trinajstić information content (AvgIpc) is 2.59. The molecule has 2 rings (SSSR count). The van der Waals surface area contributed by atoms with Gasteiger partial charge in [0.05, 0.1) is 7.14 Å². The van der Waals surface area contributed by atoms with Gasteiger partial charge in [0.25, 0.3) is 5.91 Å². The highest BCUT2D eigenvalue weighted by molar-refractivity contribution is 14.1. The number of hydrogen-bond donors (Lipinski definition) is 1. The Labute approximate surface area is 186 Å². The van der Waals surface area contributed by atoms with Crippen LogP contribution in [-0.4, -0.2) is 12.5 Å². The first-order chi connectivity index (χ1) is 12.4. The van der Waals surface area contributed by atoms with Crippen molar-refractivity contribution >= 4 is 78.8 Å². The van der Waals surface area contributed by atoms with Gasteiger partial charge in [0.2, 0.25) is 0 Å². The number of nitrogens with one attached hydrogen (secondary N) is 1. The molecule has 0 spiro atoms. The zero-order chi connectivity index (χ0) is 19.1. The molecule has 130 valence electrons. The fourth-order valence-corrected chi connectivity index (χ4v) is 4.51. The Morgan fingerprint density at radius 2 is 1.92 bits per heavy atom. The first kappa shape index (κ1) is 20.7. The van der Waals surface area contributed by atoms with Crippen molar-refractivity contribution in [2.45, 2.75) is 0 Å². The van der Waals surface area contributed by atoms with E-state index in [0.29, 0.717) is 17.0 Å². The summed E-state index contributed by atoms with van der Waals surface area (Å²) < 4.78 is 7.81. The SMILES string of the molecule is N#CCOc1c(I)cc(/C=C(/C#N)C(=O)Nc2cccc(Br)c2)cc1I. The summed E-state index contributed by atoms with van der Waals surface area (Å²) in [5.41, 5.74) is 1.28. The lowest BCUT2D eigenvalue weighted by Crippen LogP contribution is -2.13. The molecule has 0 aliphatic carbocycles. The first-order valence-corrected chi connectivity index (χ1v) is 10.1. The van der Waals surface area contributed by atoms with Crippen LogP contribution in [-0.2, 0) is 4.79 Å². The van der Waals surface area contributed by atoms with Crippen LogP contribution in [0.4, 0.5) is 5.69 Å². The van der Waals surface area contributed by atoms with Crippen molar-refractivity contribution in [2.75, 3.05) is 11.9 Å². The van der Waals surface area contributed by atoms with E-state index >= 15 is 0 Å². The predicted molar refractivity (Wildman–Crippen MR) is 119 cm³/mol. The van der Waals surface area contributed by atoms with Crippen molar-refractivity contribution in [3.63, 3.8) is 0 Å². The summed E-state index contributed by atoms with van der Waals surface area (Å²) in [5, 5.41) is 20.7. The van der Waals surface area contributed by atoms with Gasteiger partial charge in [-0.2, -0.15) is 10.5 Å². The number of nitrogens with zero attached hydrogens (tertiary/aromatic N) is 2. The Bertz CT molecular complexity index is 939. The van der Waals surface area contributed by atoms with Crippen LogP contribution in [0.2, 0.25) is 0 Å². The van der Waals surface area contributed by atoms with Gasteiger partial charge in [-0.3, -0.25) is 4.79 Å². The summed E-state index contributed by atoms with van der Waals surface area (Å²) in [5.74, 6) is 0.127. The van der Waals surface area contributed by atoms with Gasteiger partial charge < -0.3 is 10.1 Å². The number of ether oxygens (including phenoxy) is 1. The van der Waals surface area contributed by atoms with E-state index in [9.17, 15) is 10.1 Å². The van der Waals surface area contributed by atoms with Crippen molar-refractivity contribution < 1.29 is 9.53 Å². The minimum Gasteiger partial charge on any atom is -0.477 e. The minimum absolute atomic E-state index is 0.0118. The van der Waals surface area contributed by atoms with Gasteiger partial charge >= 0.3 is 0 Å². The molecule has 2 aromatic rings. The number of benzene rings is 2. The molecule has 0 atom stereocenters. The van der Waals surface area contributed by atoms with Gasteiger partial charge in [0, 0.05) is 10.2 Å². The molecule has 0 fully saturated rings. The lowest BCUT2D eigenvalue weighted by Gasteiger charge is -2.09. The van der Waals surface area contributed by atoms with Gasteiger partial charge in [0.1, 0.15) is 23.5 Å². The number of nitriles is 2. The topological polar surface area (TPSA) is 85.9 Å². The third-order valence-electron chi connectivity index (χ3n) is 3.06. The monoisotopic (exact) mass is 633 g/mol. The summed E-state index contributed by atoms with van der Waals surface area (Å²) in [6.07, 6.45) is 1.52. The van der Waals surface area contributed by atoms with E-state index in [4.69, 9.17) is 10.00 Å². The van der Waals surface area contributed by atoms with E-state index in [-0.39, 0.29) is 12.2 Å². The van der Waals surface area contributed by atoms with Crippen LogP contribution in [0.3, 0.4) is 0 Å². The summed E-state index contributed by atoms with van der Waals surface area (Å²) >= 11 is 7.52. The number of hydrogen-bond acceptors (Lipinski definition) is 4. The lowest BCUT2D eigenvalue weighted by atomic mass is 10.1. The number of halogens is 3. The Morgan fingerprint density at radius 3 is 2.50 bits per heavy atom. The molecule has 2 aromatic carbocycles. The zero-order valence-electron chi connectivity index (χ0n) is 13.1. The van der Waals surface area contributed by atoms with E-state index in [1.165, 1.54) is 6.08 Å². The van der Waals surface area contributed by atoms with Crippen molar-refractivity contribution in [2.24, 2.45) is 0 Å². The van der Waals surface area contributed by atoms with Crippen LogP contribution in [0.5, 0.6) is 5.75 Å². The average molecular weight is 634 g/mol. The first-order valence-electron chi connectivity index (χ1n) is 7.12. The van der Waals surface area contributed by atoms with Gasteiger partial charge in [0.15, 0.2) is 6.61 Å². The van der Waals surface area contributed by atoms with Crippen molar-refractivity contribution in [3.8, 4) is 17.9 Å². The van der Waals surface area contributed by atoms with Crippen molar-refractivity contribution in [3.05, 3.63) is 59.1 Å². The van der Waals surface area contributed by atoms with E-state index in [0.717, 1.165) is 11.6 Å². The molecule has 0 aromatic heterocycles. The Balaban J connectivity index is 2.27. The molecule has 1 amide bonds. The van der Waals surface area contributed by atoms with E-state index < -0.39 is 5.91 Å².